The Morgan fingerprint density at radius 3 is 2.86 bits per heavy atom. The van der Waals surface area contributed by atoms with E-state index in [1.54, 1.807) is 23.2 Å². The van der Waals surface area contributed by atoms with Gasteiger partial charge in [0.1, 0.15) is 10.7 Å². The van der Waals surface area contributed by atoms with Gasteiger partial charge in [0.15, 0.2) is 0 Å². The van der Waals surface area contributed by atoms with E-state index in [4.69, 9.17) is 0 Å². The zero-order chi connectivity index (χ0) is 10.1. The first-order valence-electron chi connectivity index (χ1n) is 4.29. The summed E-state index contributed by atoms with van der Waals surface area (Å²) in [5.74, 6) is -0.242. The zero-order valence-corrected chi connectivity index (χ0v) is 8.94. The molecule has 5 heteroatoms. The number of hydrogen-bond donors (Lipinski definition) is 1. The minimum absolute atomic E-state index is 0.242. The Morgan fingerprint density at radius 2 is 2.36 bits per heavy atom. The quantitative estimate of drug-likeness (QED) is 0.762. The van der Waals surface area contributed by atoms with Crippen molar-refractivity contribution < 1.29 is 9.90 Å². The number of aromatic nitrogens is 1. The maximum Gasteiger partial charge on any atom is 0.255 e. The van der Waals surface area contributed by atoms with Gasteiger partial charge in [-0.25, -0.2) is 4.98 Å². The Kier molecular flexibility index (Phi) is 2.52. The lowest BCUT2D eigenvalue weighted by Gasteiger charge is -2.14. The van der Waals surface area contributed by atoms with Gasteiger partial charge in [-0.15, -0.1) is 0 Å². The molecule has 0 spiro atoms. The Balaban J connectivity index is 2.24. The number of carbonyl (C=O) groups is 1. The molecule has 2 rings (SSSR count). The normalized spacial score (nSPS) is 21.7. The van der Waals surface area contributed by atoms with Gasteiger partial charge in [0, 0.05) is 13.0 Å². The van der Waals surface area contributed by atoms with E-state index in [2.05, 4.69) is 20.9 Å². The number of aliphatic hydroxyl groups excluding tert-OH is 1. The van der Waals surface area contributed by atoms with Crippen molar-refractivity contribution in [1.29, 1.82) is 0 Å². The molecule has 1 amide bonds. The second-order valence-electron chi connectivity index (χ2n) is 3.13. The van der Waals surface area contributed by atoms with Gasteiger partial charge in [0.2, 0.25) is 0 Å². The summed E-state index contributed by atoms with van der Waals surface area (Å²) < 4.78 is 0.730. The number of hydrogen-bond acceptors (Lipinski definition) is 3. The Morgan fingerprint density at radius 1 is 1.57 bits per heavy atom. The highest BCUT2D eigenvalue weighted by molar-refractivity contribution is 9.10. The highest BCUT2D eigenvalue weighted by Gasteiger charge is 2.30. The van der Waals surface area contributed by atoms with Crippen molar-refractivity contribution in [3.05, 3.63) is 22.9 Å². The van der Waals surface area contributed by atoms with Gasteiger partial charge >= 0.3 is 0 Å². The molecular weight excluding hydrogens is 248 g/mol. The Hall–Kier alpha value is -0.940. The van der Waals surface area contributed by atoms with Crippen molar-refractivity contribution >= 4 is 27.5 Å². The van der Waals surface area contributed by atoms with Crippen LogP contribution in [-0.2, 0) is 4.79 Å². The van der Waals surface area contributed by atoms with E-state index in [0.717, 1.165) is 10.3 Å². The zero-order valence-electron chi connectivity index (χ0n) is 7.35. The number of anilines is 1. The standard InChI is InChI=1S/C9H9BrN2O2/c10-8-2-1-6(5-11-8)12-4-3-7(13)9(12)14/h1-2,5,7,13H,3-4H2. The van der Waals surface area contributed by atoms with E-state index in [0.29, 0.717) is 13.0 Å². The van der Waals surface area contributed by atoms with Gasteiger partial charge in [-0.3, -0.25) is 4.79 Å². The molecule has 4 nitrogen and oxygen atoms in total. The summed E-state index contributed by atoms with van der Waals surface area (Å²) in [4.78, 5) is 17.0. The number of carbonyl (C=O) groups excluding carboxylic acids is 1. The summed E-state index contributed by atoms with van der Waals surface area (Å²) in [6, 6.07) is 3.57. The highest BCUT2D eigenvalue weighted by Crippen LogP contribution is 2.21. The molecule has 0 saturated carbocycles. The predicted molar refractivity (Wildman–Crippen MR) is 54.9 cm³/mol. The number of aliphatic hydroxyl groups is 1. The highest BCUT2D eigenvalue weighted by atomic mass is 79.9. The number of rotatable bonds is 1. The summed E-state index contributed by atoms with van der Waals surface area (Å²) in [5, 5.41) is 9.26. The molecule has 14 heavy (non-hydrogen) atoms. The molecular formula is C9H9BrN2O2. The van der Waals surface area contributed by atoms with Gasteiger partial charge in [0.25, 0.3) is 5.91 Å². The fraction of sp³-hybridized carbons (Fsp3) is 0.333. The molecule has 0 aliphatic carbocycles. The number of pyridine rings is 1. The van der Waals surface area contributed by atoms with Crippen LogP contribution in [0.25, 0.3) is 0 Å². The fourth-order valence-corrected chi connectivity index (χ4v) is 1.68. The van der Waals surface area contributed by atoms with Crippen LogP contribution < -0.4 is 4.90 Å². The van der Waals surface area contributed by atoms with Crippen LogP contribution in [-0.4, -0.2) is 28.6 Å². The molecule has 1 saturated heterocycles. The SMILES string of the molecule is O=C1C(O)CCN1c1ccc(Br)nc1. The average molecular weight is 257 g/mol. The van der Waals surface area contributed by atoms with Crippen LogP contribution in [0.4, 0.5) is 5.69 Å². The van der Waals surface area contributed by atoms with Crippen molar-refractivity contribution in [2.45, 2.75) is 12.5 Å². The molecule has 1 N–H and O–H groups in total. The van der Waals surface area contributed by atoms with Crippen molar-refractivity contribution in [2.75, 3.05) is 11.4 Å². The van der Waals surface area contributed by atoms with E-state index in [1.807, 2.05) is 0 Å². The van der Waals surface area contributed by atoms with E-state index in [1.165, 1.54) is 0 Å². The Labute approximate surface area is 89.7 Å². The van der Waals surface area contributed by atoms with Crippen LogP contribution in [0.1, 0.15) is 6.42 Å². The van der Waals surface area contributed by atoms with Crippen molar-refractivity contribution in [2.24, 2.45) is 0 Å². The minimum atomic E-state index is -0.848. The van der Waals surface area contributed by atoms with Crippen LogP contribution in [0.3, 0.4) is 0 Å². The summed E-state index contributed by atoms with van der Waals surface area (Å²) in [7, 11) is 0. The summed E-state index contributed by atoms with van der Waals surface area (Å²) in [5.41, 5.74) is 0.731. The largest absolute Gasteiger partial charge is 0.383 e. The smallest absolute Gasteiger partial charge is 0.255 e. The third kappa shape index (κ3) is 1.65. The van der Waals surface area contributed by atoms with Gasteiger partial charge < -0.3 is 10.0 Å². The van der Waals surface area contributed by atoms with Crippen molar-refractivity contribution in [1.82, 2.24) is 4.98 Å². The maximum atomic E-state index is 11.4. The summed E-state index contributed by atoms with van der Waals surface area (Å²) >= 11 is 3.22. The molecule has 1 unspecified atom stereocenters. The molecule has 2 heterocycles. The number of nitrogens with zero attached hydrogens (tertiary/aromatic N) is 2. The molecule has 1 aromatic rings. The molecule has 1 fully saturated rings. The monoisotopic (exact) mass is 256 g/mol. The third-order valence-electron chi connectivity index (χ3n) is 2.20. The van der Waals surface area contributed by atoms with Gasteiger partial charge in [-0.05, 0) is 28.1 Å². The lowest BCUT2D eigenvalue weighted by Crippen LogP contribution is -2.29. The first-order valence-corrected chi connectivity index (χ1v) is 5.09. The average Bonchev–Trinajstić information content (AvgIpc) is 2.50. The van der Waals surface area contributed by atoms with Crippen LogP contribution >= 0.6 is 15.9 Å². The van der Waals surface area contributed by atoms with Gasteiger partial charge in [-0.1, -0.05) is 0 Å². The molecule has 74 valence electrons. The molecule has 0 bridgehead atoms. The third-order valence-corrected chi connectivity index (χ3v) is 2.67. The Bertz CT molecular complexity index is 352. The summed E-state index contributed by atoms with van der Waals surface area (Å²) in [6.07, 6.45) is 1.26. The first-order chi connectivity index (χ1) is 6.68. The second kappa shape index (κ2) is 3.67. The van der Waals surface area contributed by atoms with Crippen LogP contribution in [0.15, 0.2) is 22.9 Å². The summed E-state index contributed by atoms with van der Waals surface area (Å²) in [6.45, 7) is 0.559. The topological polar surface area (TPSA) is 53.4 Å². The van der Waals surface area contributed by atoms with Crippen molar-refractivity contribution in [3.63, 3.8) is 0 Å². The van der Waals surface area contributed by atoms with Gasteiger partial charge in [0.05, 0.1) is 11.9 Å². The fourth-order valence-electron chi connectivity index (χ4n) is 1.45. The van der Waals surface area contributed by atoms with Crippen LogP contribution in [0.5, 0.6) is 0 Å². The molecule has 1 atom stereocenters. The van der Waals surface area contributed by atoms with E-state index >= 15 is 0 Å². The van der Waals surface area contributed by atoms with Crippen LogP contribution in [0, 0.1) is 0 Å². The molecule has 1 aliphatic rings. The number of halogens is 1. The molecule has 0 radical (unpaired) electrons. The lowest BCUT2D eigenvalue weighted by molar-refractivity contribution is -0.123. The number of amides is 1. The molecule has 1 aromatic heterocycles. The molecule has 0 aromatic carbocycles. The minimum Gasteiger partial charge on any atom is -0.383 e. The predicted octanol–water partition coefficient (Wildman–Crippen LogP) is 0.942. The van der Waals surface area contributed by atoms with Crippen LogP contribution in [0.2, 0.25) is 0 Å². The maximum absolute atomic E-state index is 11.4. The van der Waals surface area contributed by atoms with E-state index < -0.39 is 6.10 Å². The molecule has 1 aliphatic heterocycles. The second-order valence-corrected chi connectivity index (χ2v) is 3.95. The lowest BCUT2D eigenvalue weighted by atomic mass is 10.3. The van der Waals surface area contributed by atoms with E-state index in [9.17, 15) is 9.90 Å². The van der Waals surface area contributed by atoms with Crippen molar-refractivity contribution in [3.8, 4) is 0 Å². The van der Waals surface area contributed by atoms with E-state index in [-0.39, 0.29) is 5.91 Å². The van der Waals surface area contributed by atoms with Gasteiger partial charge in [-0.2, -0.15) is 0 Å². The first kappa shape index (κ1) is 9.61.